The van der Waals surface area contributed by atoms with Gasteiger partial charge in [0.05, 0.1) is 18.4 Å². The van der Waals surface area contributed by atoms with Gasteiger partial charge in [-0.05, 0) is 30.9 Å². The zero-order chi connectivity index (χ0) is 20.1. The Kier molecular flexibility index (Phi) is 7.10. The first-order chi connectivity index (χ1) is 12.8. The van der Waals surface area contributed by atoms with Gasteiger partial charge in [-0.25, -0.2) is 4.79 Å². The molecule has 0 amide bonds. The summed E-state index contributed by atoms with van der Waals surface area (Å²) in [7, 11) is 0. The van der Waals surface area contributed by atoms with Crippen LogP contribution in [0.3, 0.4) is 0 Å². The molecule has 7 heteroatoms. The number of carbonyl (C=O) groups is 3. The van der Waals surface area contributed by atoms with Crippen molar-refractivity contribution in [3.63, 3.8) is 0 Å². The SMILES string of the molecule is C=C1C(=O)O[C@@H]2/C=C(\CO)CC/C=C(\C=O)[C@H](O)[C@@H](OC(=O)[C@@H](C)CC)[C@@H]12. The third-order valence-corrected chi connectivity index (χ3v) is 5.12. The lowest BCUT2D eigenvalue weighted by Crippen LogP contribution is -2.43. The van der Waals surface area contributed by atoms with Crippen molar-refractivity contribution >= 4 is 18.2 Å². The van der Waals surface area contributed by atoms with Gasteiger partial charge in [-0.3, -0.25) is 9.59 Å². The van der Waals surface area contributed by atoms with Crippen molar-refractivity contribution in [1.29, 1.82) is 0 Å². The minimum Gasteiger partial charge on any atom is -0.458 e. The molecule has 1 heterocycles. The van der Waals surface area contributed by atoms with E-state index < -0.39 is 42.1 Å². The Labute approximate surface area is 158 Å². The Morgan fingerprint density at radius 1 is 1.52 bits per heavy atom. The van der Waals surface area contributed by atoms with Crippen LogP contribution in [0.5, 0.6) is 0 Å². The highest BCUT2D eigenvalue weighted by Gasteiger charge is 2.48. The number of allylic oxidation sites excluding steroid dienone is 1. The molecule has 27 heavy (non-hydrogen) atoms. The lowest BCUT2D eigenvalue weighted by molar-refractivity contribution is -0.162. The van der Waals surface area contributed by atoms with Gasteiger partial charge in [-0.15, -0.1) is 0 Å². The van der Waals surface area contributed by atoms with Crippen LogP contribution in [-0.2, 0) is 23.9 Å². The van der Waals surface area contributed by atoms with E-state index in [9.17, 15) is 24.6 Å². The van der Waals surface area contributed by atoms with Crippen LogP contribution in [-0.4, -0.2) is 53.4 Å². The Balaban J connectivity index is 2.50. The summed E-state index contributed by atoms with van der Waals surface area (Å²) < 4.78 is 10.9. The van der Waals surface area contributed by atoms with E-state index in [0.717, 1.165) is 0 Å². The smallest absolute Gasteiger partial charge is 0.334 e. The van der Waals surface area contributed by atoms with Crippen LogP contribution in [0.1, 0.15) is 33.1 Å². The first-order valence-electron chi connectivity index (χ1n) is 9.08. The molecule has 1 aliphatic carbocycles. The number of esters is 2. The van der Waals surface area contributed by atoms with Gasteiger partial charge >= 0.3 is 11.9 Å². The Morgan fingerprint density at radius 2 is 2.22 bits per heavy atom. The van der Waals surface area contributed by atoms with Crippen molar-refractivity contribution in [2.75, 3.05) is 6.61 Å². The second-order valence-corrected chi connectivity index (χ2v) is 6.92. The summed E-state index contributed by atoms with van der Waals surface area (Å²) in [6.45, 7) is 7.01. The molecule has 0 aromatic heterocycles. The molecule has 1 saturated heterocycles. The number of ether oxygens (including phenoxy) is 2. The summed E-state index contributed by atoms with van der Waals surface area (Å²) in [5, 5.41) is 20.3. The highest BCUT2D eigenvalue weighted by Crippen LogP contribution is 2.36. The van der Waals surface area contributed by atoms with Gasteiger partial charge in [-0.1, -0.05) is 26.5 Å². The molecule has 0 spiro atoms. The summed E-state index contributed by atoms with van der Waals surface area (Å²) >= 11 is 0. The molecule has 5 atom stereocenters. The molecule has 0 radical (unpaired) electrons. The van der Waals surface area contributed by atoms with Crippen LogP contribution in [0.4, 0.5) is 0 Å². The second kappa shape index (κ2) is 9.10. The number of hydrogen-bond donors (Lipinski definition) is 2. The molecule has 0 aromatic rings. The first-order valence-corrected chi connectivity index (χ1v) is 9.08. The van der Waals surface area contributed by atoms with Gasteiger partial charge in [0.2, 0.25) is 0 Å². The van der Waals surface area contributed by atoms with E-state index in [0.29, 0.717) is 31.1 Å². The summed E-state index contributed by atoms with van der Waals surface area (Å²) in [6, 6.07) is 0. The Morgan fingerprint density at radius 3 is 2.81 bits per heavy atom. The molecule has 1 fully saturated rings. The van der Waals surface area contributed by atoms with Crippen molar-refractivity contribution in [3.05, 3.63) is 35.5 Å². The fourth-order valence-electron chi connectivity index (χ4n) is 3.18. The van der Waals surface area contributed by atoms with Crippen molar-refractivity contribution in [1.82, 2.24) is 0 Å². The molecular weight excluding hydrogens is 352 g/mol. The number of aliphatic hydroxyl groups excluding tert-OH is 2. The van der Waals surface area contributed by atoms with Gasteiger partial charge in [0.15, 0.2) is 0 Å². The van der Waals surface area contributed by atoms with Gasteiger partial charge in [0.25, 0.3) is 0 Å². The number of aliphatic hydroxyl groups is 2. The first kappa shape index (κ1) is 21.1. The number of hydrogen-bond acceptors (Lipinski definition) is 7. The van der Waals surface area contributed by atoms with Crippen LogP contribution in [0, 0.1) is 11.8 Å². The van der Waals surface area contributed by atoms with Crippen LogP contribution < -0.4 is 0 Å². The van der Waals surface area contributed by atoms with E-state index in [1.165, 1.54) is 0 Å². The largest absolute Gasteiger partial charge is 0.458 e. The molecule has 148 valence electrons. The van der Waals surface area contributed by atoms with Gasteiger partial charge in [-0.2, -0.15) is 0 Å². The van der Waals surface area contributed by atoms with Crippen molar-refractivity contribution < 1.29 is 34.1 Å². The van der Waals surface area contributed by atoms with Gasteiger partial charge in [0.1, 0.15) is 24.6 Å². The van der Waals surface area contributed by atoms with Crippen LogP contribution >= 0.6 is 0 Å². The number of aldehydes is 1. The minimum atomic E-state index is -1.42. The molecule has 2 aliphatic rings. The molecule has 0 bridgehead atoms. The monoisotopic (exact) mass is 378 g/mol. The summed E-state index contributed by atoms with van der Waals surface area (Å²) in [6.07, 6.45) is 1.57. The lowest BCUT2D eigenvalue weighted by atomic mass is 9.83. The molecule has 1 aliphatic heterocycles. The maximum Gasteiger partial charge on any atom is 0.334 e. The molecule has 0 saturated carbocycles. The van der Waals surface area contributed by atoms with Gasteiger partial charge < -0.3 is 19.7 Å². The summed E-state index contributed by atoms with van der Waals surface area (Å²) in [4.78, 5) is 36.0. The number of carbonyl (C=O) groups excluding carboxylic acids is 3. The van der Waals surface area contributed by atoms with Crippen LogP contribution in [0.25, 0.3) is 0 Å². The third kappa shape index (κ3) is 4.54. The zero-order valence-corrected chi connectivity index (χ0v) is 15.6. The quantitative estimate of drug-likeness (QED) is 0.320. The Bertz CT molecular complexity index is 676. The topological polar surface area (TPSA) is 110 Å². The third-order valence-electron chi connectivity index (χ3n) is 5.12. The molecule has 2 rings (SSSR count). The lowest BCUT2D eigenvalue weighted by Gasteiger charge is -2.31. The number of rotatable bonds is 5. The average molecular weight is 378 g/mol. The van der Waals surface area contributed by atoms with Crippen molar-refractivity contribution in [3.8, 4) is 0 Å². The molecule has 7 nitrogen and oxygen atoms in total. The molecule has 0 unspecified atom stereocenters. The summed E-state index contributed by atoms with van der Waals surface area (Å²) in [5.74, 6) is -2.47. The van der Waals surface area contributed by atoms with E-state index in [4.69, 9.17) is 9.47 Å². The standard InChI is InChI=1S/C20H26O7/c1-4-11(2)19(24)27-18-16-12(3)20(25)26-15(16)8-13(9-21)6-5-7-14(10-22)17(18)23/h7-8,10-11,15-18,21,23H,3-6,9H2,1-2H3/b13-8-,14-7+/t11-,15+,16-,17-,18-/m0/s1. The summed E-state index contributed by atoms with van der Waals surface area (Å²) in [5.41, 5.74) is 0.736. The normalized spacial score (nSPS) is 33.6. The second-order valence-electron chi connectivity index (χ2n) is 6.92. The van der Waals surface area contributed by atoms with Crippen molar-refractivity contribution in [2.45, 2.75) is 51.4 Å². The predicted octanol–water partition coefficient (Wildman–Crippen LogP) is 1.24. The average Bonchev–Trinajstić information content (AvgIpc) is 2.94. The Hall–Kier alpha value is -2.25. The fourth-order valence-corrected chi connectivity index (χ4v) is 3.18. The van der Waals surface area contributed by atoms with E-state index in [2.05, 4.69) is 6.58 Å². The molecule has 0 aromatic carbocycles. The predicted molar refractivity (Wildman–Crippen MR) is 96.4 cm³/mol. The van der Waals surface area contributed by atoms with E-state index in [1.54, 1.807) is 19.1 Å². The van der Waals surface area contributed by atoms with Gasteiger partial charge in [0, 0.05) is 11.1 Å². The minimum absolute atomic E-state index is 0.0559. The highest BCUT2D eigenvalue weighted by atomic mass is 16.6. The fraction of sp³-hybridized carbons (Fsp3) is 0.550. The van der Waals surface area contributed by atoms with E-state index >= 15 is 0 Å². The maximum absolute atomic E-state index is 12.4. The molecule has 2 N–H and O–H groups in total. The van der Waals surface area contributed by atoms with E-state index in [1.807, 2.05) is 6.92 Å². The highest BCUT2D eigenvalue weighted by molar-refractivity contribution is 5.91. The maximum atomic E-state index is 12.4. The number of fused-ring (bicyclic) bond motifs is 1. The zero-order valence-electron chi connectivity index (χ0n) is 15.6. The van der Waals surface area contributed by atoms with Crippen molar-refractivity contribution in [2.24, 2.45) is 11.8 Å². The van der Waals surface area contributed by atoms with E-state index in [-0.39, 0.29) is 17.8 Å². The molecular formula is C20H26O7. The van der Waals surface area contributed by atoms with Crippen LogP contribution in [0.2, 0.25) is 0 Å². The van der Waals surface area contributed by atoms with Crippen LogP contribution in [0.15, 0.2) is 35.5 Å².